The van der Waals surface area contributed by atoms with Gasteiger partial charge in [-0.3, -0.25) is 9.59 Å². The Kier molecular flexibility index (Phi) is 7.55. The molecule has 0 atom stereocenters. The van der Waals surface area contributed by atoms with E-state index in [-0.39, 0.29) is 24.4 Å². The van der Waals surface area contributed by atoms with Gasteiger partial charge in [-0.05, 0) is 24.7 Å². The van der Waals surface area contributed by atoms with Gasteiger partial charge in [-0.2, -0.15) is 0 Å². The highest BCUT2D eigenvalue weighted by Crippen LogP contribution is 2.15. The Morgan fingerprint density at radius 2 is 1.12 bits per heavy atom. The van der Waals surface area contributed by atoms with Crippen molar-refractivity contribution in [3.63, 3.8) is 0 Å². The van der Waals surface area contributed by atoms with Gasteiger partial charge in [-0.1, -0.05) is 27.7 Å². The minimum Gasteiger partial charge on any atom is -0.462 e. The lowest BCUT2D eigenvalue weighted by molar-refractivity contribution is -0.143. The Morgan fingerprint density at radius 1 is 0.792 bits per heavy atom. The Labute approximate surface area is 141 Å². The molecule has 1 aliphatic rings. The number of allylic oxidation sites excluding steroid dienone is 2. The molecule has 0 spiro atoms. The summed E-state index contributed by atoms with van der Waals surface area (Å²) in [6.45, 7) is 8.24. The molecular weight excluding hydrogens is 312 g/mol. The van der Waals surface area contributed by atoms with E-state index >= 15 is 0 Å². The maximum absolute atomic E-state index is 12.0. The quantitative estimate of drug-likeness (QED) is 0.383. The van der Waals surface area contributed by atoms with Gasteiger partial charge in [0.05, 0.1) is 13.2 Å². The Balaban J connectivity index is 2.65. The summed E-state index contributed by atoms with van der Waals surface area (Å²) in [5.41, 5.74) is -0.718. The molecular formula is C18H24O6. The lowest BCUT2D eigenvalue weighted by Crippen LogP contribution is -2.25. The van der Waals surface area contributed by atoms with E-state index in [4.69, 9.17) is 9.47 Å². The second-order valence-corrected chi connectivity index (χ2v) is 6.48. The lowest BCUT2D eigenvalue weighted by Gasteiger charge is -2.12. The van der Waals surface area contributed by atoms with Gasteiger partial charge in [0.25, 0.3) is 0 Å². The third-order valence-electron chi connectivity index (χ3n) is 3.38. The molecule has 0 radical (unpaired) electrons. The second-order valence-electron chi connectivity index (χ2n) is 6.48. The number of ketones is 2. The molecule has 0 amide bonds. The van der Waals surface area contributed by atoms with E-state index in [9.17, 15) is 19.2 Å². The Bertz CT molecular complexity index is 528. The third kappa shape index (κ3) is 6.10. The van der Waals surface area contributed by atoms with E-state index in [1.807, 2.05) is 27.7 Å². The van der Waals surface area contributed by atoms with E-state index in [0.29, 0.717) is 24.7 Å². The predicted octanol–water partition coefficient (Wildman–Crippen LogP) is 2.17. The van der Waals surface area contributed by atoms with E-state index in [2.05, 4.69) is 0 Å². The molecule has 0 aromatic carbocycles. The van der Waals surface area contributed by atoms with Crippen molar-refractivity contribution in [3.8, 4) is 0 Å². The standard InChI is InChI=1S/C18H24O6/c1-11(2)5-7-23-17(21)13-9-16(20)14(10-15(13)19)18(22)24-8-6-12(3)4/h9-12H,5-8H2,1-4H3. The van der Waals surface area contributed by atoms with Crippen molar-refractivity contribution in [2.45, 2.75) is 40.5 Å². The van der Waals surface area contributed by atoms with Crippen LogP contribution in [0, 0.1) is 11.8 Å². The first-order valence-corrected chi connectivity index (χ1v) is 8.08. The fourth-order valence-corrected chi connectivity index (χ4v) is 1.81. The summed E-state index contributed by atoms with van der Waals surface area (Å²) in [6, 6.07) is 0. The van der Waals surface area contributed by atoms with Crippen molar-refractivity contribution in [2.75, 3.05) is 13.2 Å². The fourth-order valence-electron chi connectivity index (χ4n) is 1.81. The number of ether oxygens (including phenoxy) is 2. The van der Waals surface area contributed by atoms with Gasteiger partial charge >= 0.3 is 11.9 Å². The zero-order valence-corrected chi connectivity index (χ0v) is 14.6. The average Bonchev–Trinajstić information content (AvgIpc) is 2.48. The van der Waals surface area contributed by atoms with Crippen LogP contribution < -0.4 is 0 Å². The molecule has 24 heavy (non-hydrogen) atoms. The monoisotopic (exact) mass is 336 g/mol. The van der Waals surface area contributed by atoms with Crippen molar-refractivity contribution in [3.05, 3.63) is 23.3 Å². The van der Waals surface area contributed by atoms with E-state index in [1.54, 1.807) is 0 Å². The zero-order valence-electron chi connectivity index (χ0n) is 14.6. The summed E-state index contributed by atoms with van der Waals surface area (Å²) in [5.74, 6) is -2.44. The van der Waals surface area contributed by atoms with Crippen LogP contribution >= 0.6 is 0 Å². The number of hydrogen-bond donors (Lipinski definition) is 0. The van der Waals surface area contributed by atoms with Crippen LogP contribution in [0.25, 0.3) is 0 Å². The van der Waals surface area contributed by atoms with Crippen molar-refractivity contribution >= 4 is 23.5 Å². The molecule has 0 N–H and O–H groups in total. The van der Waals surface area contributed by atoms with Gasteiger partial charge in [0.15, 0.2) is 11.6 Å². The molecule has 1 aliphatic carbocycles. The van der Waals surface area contributed by atoms with E-state index in [1.165, 1.54) is 0 Å². The first kappa shape index (κ1) is 19.8. The Morgan fingerprint density at radius 3 is 1.42 bits per heavy atom. The van der Waals surface area contributed by atoms with Gasteiger partial charge in [-0.15, -0.1) is 0 Å². The fraction of sp³-hybridized carbons (Fsp3) is 0.556. The predicted molar refractivity (Wildman–Crippen MR) is 87.0 cm³/mol. The van der Waals surface area contributed by atoms with Gasteiger partial charge in [0.2, 0.25) is 0 Å². The number of esters is 2. The molecule has 0 aliphatic heterocycles. The minimum atomic E-state index is -0.850. The molecule has 0 unspecified atom stereocenters. The van der Waals surface area contributed by atoms with Gasteiger partial charge in [-0.25, -0.2) is 9.59 Å². The molecule has 0 saturated heterocycles. The summed E-state index contributed by atoms with van der Waals surface area (Å²) in [7, 11) is 0. The highest BCUT2D eigenvalue weighted by atomic mass is 16.5. The van der Waals surface area contributed by atoms with Crippen LogP contribution in [0.2, 0.25) is 0 Å². The summed E-state index contributed by atoms with van der Waals surface area (Å²) in [5, 5.41) is 0. The number of carbonyl (C=O) groups excluding carboxylic acids is 4. The molecule has 0 aromatic rings. The third-order valence-corrected chi connectivity index (χ3v) is 3.38. The van der Waals surface area contributed by atoms with Crippen LogP contribution in [0.3, 0.4) is 0 Å². The largest absolute Gasteiger partial charge is 0.462 e. The molecule has 6 heteroatoms. The van der Waals surface area contributed by atoms with Gasteiger partial charge in [0, 0.05) is 12.2 Å². The second kappa shape index (κ2) is 9.15. The smallest absolute Gasteiger partial charge is 0.342 e. The first-order chi connectivity index (χ1) is 11.2. The molecule has 0 heterocycles. The average molecular weight is 336 g/mol. The molecule has 132 valence electrons. The molecule has 0 bridgehead atoms. The summed E-state index contributed by atoms with van der Waals surface area (Å²) in [6.07, 6.45) is 3.01. The van der Waals surface area contributed by atoms with Crippen LogP contribution in [-0.2, 0) is 28.7 Å². The normalized spacial score (nSPS) is 14.6. The number of carbonyl (C=O) groups is 4. The van der Waals surface area contributed by atoms with Crippen LogP contribution in [0.5, 0.6) is 0 Å². The topological polar surface area (TPSA) is 86.7 Å². The number of rotatable bonds is 8. The van der Waals surface area contributed by atoms with Crippen molar-refractivity contribution < 1.29 is 28.7 Å². The summed E-state index contributed by atoms with van der Waals surface area (Å²) >= 11 is 0. The van der Waals surface area contributed by atoms with E-state index in [0.717, 1.165) is 12.2 Å². The molecule has 0 saturated carbocycles. The first-order valence-electron chi connectivity index (χ1n) is 8.08. The maximum Gasteiger partial charge on any atom is 0.342 e. The highest BCUT2D eigenvalue weighted by Gasteiger charge is 2.30. The number of hydrogen-bond acceptors (Lipinski definition) is 6. The highest BCUT2D eigenvalue weighted by molar-refractivity contribution is 6.35. The van der Waals surface area contributed by atoms with Crippen LogP contribution in [-0.4, -0.2) is 36.7 Å². The minimum absolute atomic E-state index is 0.170. The summed E-state index contributed by atoms with van der Waals surface area (Å²) in [4.78, 5) is 47.6. The van der Waals surface area contributed by atoms with Crippen LogP contribution in [0.4, 0.5) is 0 Å². The lowest BCUT2D eigenvalue weighted by atomic mass is 9.97. The molecule has 0 fully saturated rings. The molecule has 0 aromatic heterocycles. The molecule has 6 nitrogen and oxygen atoms in total. The maximum atomic E-state index is 12.0. The van der Waals surface area contributed by atoms with Crippen LogP contribution in [0.15, 0.2) is 23.3 Å². The van der Waals surface area contributed by atoms with Crippen molar-refractivity contribution in [1.29, 1.82) is 0 Å². The molecule has 1 rings (SSSR count). The van der Waals surface area contributed by atoms with Gasteiger partial charge < -0.3 is 9.47 Å². The van der Waals surface area contributed by atoms with Crippen molar-refractivity contribution in [1.82, 2.24) is 0 Å². The zero-order chi connectivity index (χ0) is 18.3. The van der Waals surface area contributed by atoms with Crippen molar-refractivity contribution in [2.24, 2.45) is 11.8 Å². The summed E-state index contributed by atoms with van der Waals surface area (Å²) < 4.78 is 9.94. The van der Waals surface area contributed by atoms with Crippen LogP contribution in [0.1, 0.15) is 40.5 Å². The SMILES string of the molecule is CC(C)CCOC(=O)C1=CC(=O)C(C(=O)OCCC(C)C)=CC1=O. The Hall–Kier alpha value is -2.24. The van der Waals surface area contributed by atoms with E-state index < -0.39 is 23.5 Å². The van der Waals surface area contributed by atoms with Gasteiger partial charge in [0.1, 0.15) is 11.1 Å².